The van der Waals surface area contributed by atoms with Gasteiger partial charge >= 0.3 is 6.09 Å². The molecule has 16 heavy (non-hydrogen) atoms. The third-order valence-corrected chi connectivity index (χ3v) is 1.94. The minimum Gasteiger partial charge on any atom is -0.444 e. The van der Waals surface area contributed by atoms with Crippen LogP contribution in [-0.4, -0.2) is 24.0 Å². The highest BCUT2D eigenvalue weighted by Crippen LogP contribution is 2.08. The molecule has 0 fully saturated rings. The van der Waals surface area contributed by atoms with Gasteiger partial charge in [-0.2, -0.15) is 0 Å². The number of amides is 1. The lowest BCUT2D eigenvalue weighted by atomic mass is 10.0. The van der Waals surface area contributed by atoms with E-state index in [1.54, 1.807) is 6.92 Å². The standard InChI is InChI=1S/C12H23NO3/c1-9(8-10(2)14)6-7-13-11(15)16-12(3,4)5/h9H,6-8H2,1-5H3,(H,13,15)/t9-/m1/s1. The molecule has 0 aliphatic carbocycles. The summed E-state index contributed by atoms with van der Waals surface area (Å²) < 4.78 is 5.08. The minimum atomic E-state index is -0.463. The maximum Gasteiger partial charge on any atom is 0.407 e. The number of alkyl carbamates (subject to hydrolysis) is 1. The van der Waals surface area contributed by atoms with Crippen molar-refractivity contribution in [3.05, 3.63) is 0 Å². The van der Waals surface area contributed by atoms with Crippen molar-refractivity contribution in [3.8, 4) is 0 Å². The zero-order valence-corrected chi connectivity index (χ0v) is 10.9. The summed E-state index contributed by atoms with van der Waals surface area (Å²) in [5, 5.41) is 2.67. The Morgan fingerprint density at radius 1 is 1.31 bits per heavy atom. The molecule has 0 radical (unpaired) electrons. The van der Waals surface area contributed by atoms with Gasteiger partial charge in [-0.1, -0.05) is 6.92 Å². The fourth-order valence-corrected chi connectivity index (χ4v) is 1.33. The summed E-state index contributed by atoms with van der Waals surface area (Å²) in [5.74, 6) is 0.484. The summed E-state index contributed by atoms with van der Waals surface area (Å²) in [5.41, 5.74) is -0.463. The van der Waals surface area contributed by atoms with Crippen LogP contribution in [0.15, 0.2) is 0 Å². The van der Waals surface area contributed by atoms with Crippen molar-refractivity contribution in [3.63, 3.8) is 0 Å². The number of nitrogens with one attached hydrogen (secondary N) is 1. The SMILES string of the molecule is CC(=O)C[C@H](C)CCNC(=O)OC(C)(C)C. The number of rotatable bonds is 5. The zero-order valence-electron chi connectivity index (χ0n) is 10.9. The Balaban J connectivity index is 3.66. The van der Waals surface area contributed by atoms with E-state index in [1.807, 2.05) is 27.7 Å². The quantitative estimate of drug-likeness (QED) is 0.788. The molecule has 0 heterocycles. The highest BCUT2D eigenvalue weighted by Gasteiger charge is 2.15. The van der Waals surface area contributed by atoms with Crippen LogP contribution in [0.4, 0.5) is 4.79 Å². The van der Waals surface area contributed by atoms with E-state index in [1.165, 1.54) is 0 Å². The van der Waals surface area contributed by atoms with Crippen molar-refractivity contribution in [1.82, 2.24) is 5.32 Å². The van der Waals surface area contributed by atoms with E-state index < -0.39 is 11.7 Å². The van der Waals surface area contributed by atoms with Crippen molar-refractivity contribution >= 4 is 11.9 Å². The molecule has 0 aromatic heterocycles. The maximum absolute atomic E-state index is 11.3. The average Bonchev–Trinajstić information content (AvgIpc) is 1.98. The van der Waals surface area contributed by atoms with Crippen molar-refractivity contribution in [2.75, 3.05) is 6.54 Å². The third kappa shape index (κ3) is 9.49. The van der Waals surface area contributed by atoms with Crippen LogP contribution in [0.2, 0.25) is 0 Å². The highest BCUT2D eigenvalue weighted by molar-refractivity contribution is 5.75. The van der Waals surface area contributed by atoms with Crippen molar-refractivity contribution < 1.29 is 14.3 Å². The smallest absolute Gasteiger partial charge is 0.407 e. The molecule has 4 heteroatoms. The van der Waals surface area contributed by atoms with E-state index in [-0.39, 0.29) is 5.78 Å². The van der Waals surface area contributed by atoms with Crippen LogP contribution in [0.1, 0.15) is 47.5 Å². The minimum absolute atomic E-state index is 0.185. The van der Waals surface area contributed by atoms with Gasteiger partial charge in [-0.15, -0.1) is 0 Å². The second-order valence-corrected chi connectivity index (χ2v) is 5.23. The highest BCUT2D eigenvalue weighted by atomic mass is 16.6. The van der Waals surface area contributed by atoms with E-state index in [0.29, 0.717) is 18.9 Å². The summed E-state index contributed by atoms with van der Waals surface area (Å²) in [6.07, 6.45) is 0.956. The summed E-state index contributed by atoms with van der Waals surface area (Å²) in [7, 11) is 0. The van der Waals surface area contributed by atoms with Gasteiger partial charge in [0.15, 0.2) is 0 Å². The zero-order chi connectivity index (χ0) is 12.8. The van der Waals surface area contributed by atoms with Gasteiger partial charge in [-0.05, 0) is 40.0 Å². The van der Waals surface area contributed by atoms with Crippen LogP contribution >= 0.6 is 0 Å². The molecule has 1 atom stereocenters. The molecule has 0 aliphatic heterocycles. The van der Waals surface area contributed by atoms with Crippen LogP contribution in [-0.2, 0) is 9.53 Å². The molecule has 0 aliphatic rings. The fourth-order valence-electron chi connectivity index (χ4n) is 1.33. The molecule has 0 aromatic rings. The Bertz CT molecular complexity index is 243. The van der Waals surface area contributed by atoms with Gasteiger partial charge in [0.05, 0.1) is 0 Å². The summed E-state index contributed by atoms with van der Waals surface area (Å²) in [4.78, 5) is 22.1. The van der Waals surface area contributed by atoms with Gasteiger partial charge < -0.3 is 14.8 Å². The Labute approximate surface area is 97.7 Å². The first-order valence-corrected chi connectivity index (χ1v) is 5.67. The first kappa shape index (κ1) is 14.9. The lowest BCUT2D eigenvalue weighted by molar-refractivity contribution is -0.117. The molecule has 4 nitrogen and oxygen atoms in total. The number of hydrogen-bond acceptors (Lipinski definition) is 3. The van der Waals surface area contributed by atoms with Gasteiger partial charge in [-0.3, -0.25) is 0 Å². The van der Waals surface area contributed by atoms with Gasteiger partial charge in [0, 0.05) is 13.0 Å². The summed E-state index contributed by atoms with van der Waals surface area (Å²) in [6.45, 7) is 9.60. The molecule has 94 valence electrons. The topological polar surface area (TPSA) is 55.4 Å². The molecule has 1 amide bonds. The van der Waals surface area contributed by atoms with Crippen LogP contribution in [0.3, 0.4) is 0 Å². The third-order valence-electron chi connectivity index (χ3n) is 1.94. The molecule has 0 aromatic carbocycles. The van der Waals surface area contributed by atoms with E-state index >= 15 is 0 Å². The van der Waals surface area contributed by atoms with Crippen LogP contribution < -0.4 is 5.32 Å². The number of Topliss-reactive ketones (excluding diaryl/α,β-unsaturated/α-hetero) is 1. The number of carbonyl (C=O) groups excluding carboxylic acids is 2. The largest absolute Gasteiger partial charge is 0.444 e. The van der Waals surface area contributed by atoms with E-state index in [4.69, 9.17) is 4.74 Å². The van der Waals surface area contributed by atoms with Crippen LogP contribution in [0.5, 0.6) is 0 Å². The Morgan fingerprint density at radius 3 is 2.31 bits per heavy atom. The molecule has 0 unspecified atom stereocenters. The second kappa shape index (κ2) is 6.51. The van der Waals surface area contributed by atoms with Gasteiger partial charge in [0.2, 0.25) is 0 Å². The number of hydrogen-bond donors (Lipinski definition) is 1. The second-order valence-electron chi connectivity index (χ2n) is 5.23. The summed E-state index contributed by atoms with van der Waals surface area (Å²) in [6, 6.07) is 0. The molecule has 0 saturated carbocycles. The molecule has 1 N–H and O–H groups in total. The molecule has 0 rings (SSSR count). The number of carbonyl (C=O) groups is 2. The van der Waals surface area contributed by atoms with E-state index in [9.17, 15) is 9.59 Å². The molecule has 0 spiro atoms. The van der Waals surface area contributed by atoms with Crippen LogP contribution in [0.25, 0.3) is 0 Å². The van der Waals surface area contributed by atoms with Crippen molar-refractivity contribution in [2.24, 2.45) is 5.92 Å². The van der Waals surface area contributed by atoms with E-state index in [2.05, 4.69) is 5.32 Å². The lowest BCUT2D eigenvalue weighted by Crippen LogP contribution is -2.33. The molecular formula is C12H23NO3. The fraction of sp³-hybridized carbons (Fsp3) is 0.833. The average molecular weight is 229 g/mol. The predicted octanol–water partition coefficient (Wildman–Crippen LogP) is 2.52. The molecule has 0 bridgehead atoms. The summed E-state index contributed by atoms with van der Waals surface area (Å²) >= 11 is 0. The Morgan fingerprint density at radius 2 is 1.88 bits per heavy atom. The van der Waals surface area contributed by atoms with Crippen molar-refractivity contribution in [2.45, 2.75) is 53.1 Å². The van der Waals surface area contributed by atoms with Gasteiger partial charge in [-0.25, -0.2) is 4.79 Å². The Kier molecular flexibility index (Phi) is 6.08. The van der Waals surface area contributed by atoms with Crippen molar-refractivity contribution in [1.29, 1.82) is 0 Å². The number of ketones is 1. The Hall–Kier alpha value is -1.06. The number of ether oxygens (including phenoxy) is 1. The predicted molar refractivity (Wildman–Crippen MR) is 63.3 cm³/mol. The first-order chi connectivity index (χ1) is 7.20. The normalized spacial score (nSPS) is 13.1. The maximum atomic E-state index is 11.3. The van der Waals surface area contributed by atoms with Gasteiger partial charge in [0.25, 0.3) is 0 Å². The molecular weight excluding hydrogens is 206 g/mol. The monoisotopic (exact) mass is 229 g/mol. The first-order valence-electron chi connectivity index (χ1n) is 5.67. The van der Waals surface area contributed by atoms with E-state index in [0.717, 1.165) is 6.42 Å². The van der Waals surface area contributed by atoms with Gasteiger partial charge in [0.1, 0.15) is 11.4 Å². The lowest BCUT2D eigenvalue weighted by Gasteiger charge is -2.20. The van der Waals surface area contributed by atoms with Crippen LogP contribution in [0, 0.1) is 5.92 Å². The molecule has 0 saturated heterocycles.